The highest BCUT2D eigenvalue weighted by molar-refractivity contribution is 6.35. The van der Waals surface area contributed by atoms with Crippen molar-refractivity contribution in [3.05, 3.63) is 118 Å². The highest BCUT2D eigenvalue weighted by Gasteiger charge is 2.16. The van der Waals surface area contributed by atoms with Gasteiger partial charge in [-0.3, -0.25) is 9.59 Å². The van der Waals surface area contributed by atoms with E-state index in [2.05, 4.69) is 10.6 Å². The molecule has 37 heavy (non-hydrogen) atoms. The average Bonchev–Trinajstić information content (AvgIpc) is 3.38. The maximum Gasteiger partial charge on any atom is 0.267 e. The second-order valence-electron chi connectivity index (χ2n) is 8.06. The zero-order valence-corrected chi connectivity index (χ0v) is 21.5. The van der Waals surface area contributed by atoms with Gasteiger partial charge in [0.05, 0.1) is 12.1 Å². The minimum absolute atomic E-state index is 0.0342. The molecular weight excluding hydrogens is 511 g/mol. The Labute approximate surface area is 224 Å². The molecule has 0 unspecified atom stereocenters. The monoisotopic (exact) mass is 534 g/mol. The molecule has 0 aliphatic rings. The van der Waals surface area contributed by atoms with Gasteiger partial charge in [-0.15, -0.1) is 0 Å². The van der Waals surface area contributed by atoms with Gasteiger partial charge in [-0.05, 0) is 66.6 Å². The van der Waals surface area contributed by atoms with Crippen LogP contribution in [0.15, 0.2) is 95.0 Å². The Morgan fingerprint density at radius 2 is 1.70 bits per heavy atom. The third kappa shape index (κ3) is 7.03. The second-order valence-corrected chi connectivity index (χ2v) is 8.90. The number of carbonyl (C=O) groups is 2. The summed E-state index contributed by atoms with van der Waals surface area (Å²) >= 11 is 12.4. The third-order valence-corrected chi connectivity index (χ3v) is 6.06. The summed E-state index contributed by atoms with van der Waals surface area (Å²) in [5.41, 5.74) is 2.11. The zero-order chi connectivity index (χ0) is 26.2. The fourth-order valence-electron chi connectivity index (χ4n) is 3.56. The predicted molar refractivity (Wildman–Crippen MR) is 146 cm³/mol. The van der Waals surface area contributed by atoms with Crippen LogP contribution in [0.2, 0.25) is 10.0 Å². The molecule has 188 valence electrons. The molecule has 1 aromatic heterocycles. The van der Waals surface area contributed by atoms with E-state index in [0.717, 1.165) is 5.56 Å². The Hall–Kier alpha value is -4.00. The van der Waals surface area contributed by atoms with Crippen molar-refractivity contribution >= 4 is 41.1 Å². The fourth-order valence-corrected chi connectivity index (χ4v) is 3.94. The highest BCUT2D eigenvalue weighted by atomic mass is 35.5. The Morgan fingerprint density at radius 3 is 2.43 bits per heavy atom. The largest absolute Gasteiger partial charge is 0.497 e. The van der Waals surface area contributed by atoms with Crippen LogP contribution in [0.1, 0.15) is 21.7 Å². The van der Waals surface area contributed by atoms with Gasteiger partial charge < -0.3 is 19.8 Å². The van der Waals surface area contributed by atoms with Crippen molar-refractivity contribution in [2.45, 2.75) is 6.42 Å². The summed E-state index contributed by atoms with van der Waals surface area (Å²) in [5.74, 6) is 0.556. The molecule has 4 rings (SSSR count). The molecule has 0 aliphatic carbocycles. The molecule has 0 atom stereocenters. The van der Waals surface area contributed by atoms with E-state index in [1.165, 1.54) is 6.08 Å². The van der Waals surface area contributed by atoms with E-state index < -0.39 is 11.8 Å². The number of halogens is 2. The molecule has 6 nitrogen and oxygen atoms in total. The van der Waals surface area contributed by atoms with Crippen LogP contribution in [-0.4, -0.2) is 25.5 Å². The molecule has 1 heterocycles. The quantitative estimate of drug-likeness (QED) is 0.244. The standard InChI is InChI=1S/C29H24Cl2N2O4/c1-36-22-10-7-20(8-11-22)28(34)33-26(29(35)32-16-15-19-5-3-2-4-6-19)18-23-12-14-27(37-23)24-17-21(30)9-13-25(24)31/h2-14,17-18H,15-16H2,1H3,(H,32,35)(H,33,34)/b26-18+. The molecule has 2 N–H and O–H groups in total. The van der Waals surface area contributed by atoms with Crippen LogP contribution < -0.4 is 15.4 Å². The van der Waals surface area contributed by atoms with Gasteiger partial charge in [0.15, 0.2) is 0 Å². The number of carbonyl (C=O) groups excluding carboxylic acids is 2. The lowest BCUT2D eigenvalue weighted by Gasteiger charge is -2.11. The number of benzene rings is 3. The van der Waals surface area contributed by atoms with Gasteiger partial charge in [0.2, 0.25) is 0 Å². The molecule has 0 fully saturated rings. The average molecular weight is 535 g/mol. The first-order valence-corrected chi connectivity index (χ1v) is 12.2. The van der Waals surface area contributed by atoms with Gasteiger partial charge >= 0.3 is 0 Å². The first-order chi connectivity index (χ1) is 17.9. The normalized spacial score (nSPS) is 11.2. The molecule has 0 radical (unpaired) electrons. The third-order valence-electron chi connectivity index (χ3n) is 5.49. The number of hydrogen-bond donors (Lipinski definition) is 2. The smallest absolute Gasteiger partial charge is 0.267 e. The molecule has 2 amide bonds. The van der Waals surface area contributed by atoms with Gasteiger partial charge in [-0.1, -0.05) is 53.5 Å². The van der Waals surface area contributed by atoms with Crippen molar-refractivity contribution in [3.63, 3.8) is 0 Å². The molecule has 0 aliphatic heterocycles. The van der Waals surface area contributed by atoms with Gasteiger partial charge in [0.1, 0.15) is 23.0 Å². The highest BCUT2D eigenvalue weighted by Crippen LogP contribution is 2.32. The van der Waals surface area contributed by atoms with E-state index in [9.17, 15) is 9.59 Å². The minimum Gasteiger partial charge on any atom is -0.497 e. The van der Waals surface area contributed by atoms with E-state index >= 15 is 0 Å². The molecule has 0 saturated heterocycles. The maximum atomic E-state index is 13.1. The van der Waals surface area contributed by atoms with Crippen molar-refractivity contribution in [3.8, 4) is 17.1 Å². The van der Waals surface area contributed by atoms with Gasteiger partial charge in [0, 0.05) is 28.8 Å². The van der Waals surface area contributed by atoms with E-state index in [-0.39, 0.29) is 5.70 Å². The van der Waals surface area contributed by atoms with Crippen LogP contribution in [-0.2, 0) is 11.2 Å². The fraction of sp³-hybridized carbons (Fsp3) is 0.103. The summed E-state index contributed by atoms with van der Waals surface area (Å²) in [6.45, 7) is 0.389. The van der Waals surface area contributed by atoms with Crippen molar-refractivity contribution < 1.29 is 18.7 Å². The molecule has 3 aromatic carbocycles. The van der Waals surface area contributed by atoms with Crippen molar-refractivity contribution in [2.75, 3.05) is 13.7 Å². The molecule has 4 aromatic rings. The summed E-state index contributed by atoms with van der Waals surface area (Å²) in [7, 11) is 1.55. The van der Waals surface area contributed by atoms with E-state index in [1.807, 2.05) is 30.3 Å². The Bertz CT molecular complexity index is 1410. The van der Waals surface area contributed by atoms with E-state index in [0.29, 0.717) is 51.4 Å². The van der Waals surface area contributed by atoms with Crippen LogP contribution >= 0.6 is 23.2 Å². The van der Waals surface area contributed by atoms with Crippen LogP contribution in [0.25, 0.3) is 17.4 Å². The first kappa shape index (κ1) is 26.1. The van der Waals surface area contributed by atoms with Crippen molar-refractivity contribution in [1.82, 2.24) is 10.6 Å². The Kier molecular flexibility index (Phi) is 8.67. The molecule has 0 bridgehead atoms. The van der Waals surface area contributed by atoms with Crippen LogP contribution in [0.4, 0.5) is 0 Å². The van der Waals surface area contributed by atoms with Crippen LogP contribution in [0.3, 0.4) is 0 Å². The molecule has 8 heteroatoms. The topological polar surface area (TPSA) is 80.6 Å². The van der Waals surface area contributed by atoms with Gasteiger partial charge in [-0.2, -0.15) is 0 Å². The number of nitrogens with one attached hydrogen (secondary N) is 2. The summed E-state index contributed by atoms with van der Waals surface area (Å²) in [6, 6.07) is 24.8. The zero-order valence-electron chi connectivity index (χ0n) is 20.0. The molecule has 0 saturated carbocycles. The summed E-state index contributed by atoms with van der Waals surface area (Å²) in [5, 5.41) is 6.54. The van der Waals surface area contributed by atoms with Crippen LogP contribution in [0.5, 0.6) is 5.75 Å². The molecule has 0 spiro atoms. The Balaban J connectivity index is 1.56. The number of rotatable bonds is 9. The maximum absolute atomic E-state index is 13.1. The lowest BCUT2D eigenvalue weighted by atomic mass is 10.1. The first-order valence-electron chi connectivity index (χ1n) is 11.5. The summed E-state index contributed by atoms with van der Waals surface area (Å²) in [6.07, 6.45) is 2.12. The van der Waals surface area contributed by atoms with Crippen LogP contribution in [0, 0.1) is 0 Å². The second kappa shape index (κ2) is 12.3. The van der Waals surface area contributed by atoms with Crippen molar-refractivity contribution in [1.29, 1.82) is 0 Å². The number of furan rings is 1. The SMILES string of the molecule is COc1ccc(C(=O)N/C(=C/c2ccc(-c3cc(Cl)ccc3Cl)o2)C(=O)NCCc2ccccc2)cc1. The van der Waals surface area contributed by atoms with E-state index in [4.69, 9.17) is 32.4 Å². The van der Waals surface area contributed by atoms with Crippen molar-refractivity contribution in [2.24, 2.45) is 0 Å². The summed E-state index contributed by atoms with van der Waals surface area (Å²) < 4.78 is 11.1. The summed E-state index contributed by atoms with van der Waals surface area (Å²) in [4.78, 5) is 26.0. The molecular formula is C29H24Cl2N2O4. The van der Waals surface area contributed by atoms with E-state index in [1.54, 1.807) is 61.7 Å². The lowest BCUT2D eigenvalue weighted by molar-refractivity contribution is -0.117. The Morgan fingerprint density at radius 1 is 0.946 bits per heavy atom. The number of ether oxygens (including phenoxy) is 1. The number of hydrogen-bond acceptors (Lipinski definition) is 4. The van der Waals surface area contributed by atoms with Gasteiger partial charge in [-0.25, -0.2) is 0 Å². The number of amides is 2. The predicted octanol–water partition coefficient (Wildman–Crippen LogP) is 6.39. The minimum atomic E-state index is -0.448. The lowest BCUT2D eigenvalue weighted by Crippen LogP contribution is -2.35. The number of methoxy groups -OCH3 is 1. The van der Waals surface area contributed by atoms with Gasteiger partial charge in [0.25, 0.3) is 11.8 Å².